The number of carbonyl (C=O) groups excluding carboxylic acids is 2. The molecule has 0 bridgehead atoms. The summed E-state index contributed by atoms with van der Waals surface area (Å²) in [6.45, 7) is 8.05. The molecular weight excluding hydrogens is 612 g/mol. The average Bonchev–Trinajstić information content (AvgIpc) is 3.42. The van der Waals surface area contributed by atoms with E-state index in [1.54, 1.807) is 49.2 Å². The molecule has 0 aliphatic carbocycles. The molecule has 2 aromatic carbocycles. The van der Waals surface area contributed by atoms with Crippen LogP contribution in [0.3, 0.4) is 0 Å². The molecule has 3 heterocycles. The summed E-state index contributed by atoms with van der Waals surface area (Å²) in [5.74, 6) is -0.708. The Balaban J connectivity index is 1.34. The molecule has 2 aromatic rings. The second-order valence-electron chi connectivity index (χ2n) is 14.6. The van der Waals surface area contributed by atoms with Gasteiger partial charge in [0.25, 0.3) is 5.91 Å². The highest BCUT2D eigenvalue weighted by atomic mass is 19.4. The molecule has 258 valence electrons. The fourth-order valence-corrected chi connectivity index (χ4v) is 7.48. The van der Waals surface area contributed by atoms with Crippen LogP contribution in [0.1, 0.15) is 75.0 Å². The van der Waals surface area contributed by atoms with E-state index >= 15 is 4.39 Å². The van der Waals surface area contributed by atoms with Gasteiger partial charge in [-0.25, -0.2) is 4.39 Å². The highest BCUT2D eigenvalue weighted by Gasteiger charge is 2.57. The predicted molar refractivity (Wildman–Crippen MR) is 175 cm³/mol. The van der Waals surface area contributed by atoms with Gasteiger partial charge in [-0.2, -0.15) is 13.2 Å². The minimum absolute atomic E-state index is 0.0126. The van der Waals surface area contributed by atoms with Gasteiger partial charge in [0.2, 0.25) is 11.6 Å². The molecule has 3 saturated heterocycles. The Morgan fingerprint density at radius 1 is 0.915 bits per heavy atom. The number of ether oxygens (including phenoxy) is 1. The lowest BCUT2D eigenvalue weighted by atomic mass is 9.83. The number of nitrogens with zero attached hydrogens (tertiary/aromatic N) is 4. The Morgan fingerprint density at radius 3 is 2.06 bits per heavy atom. The van der Waals surface area contributed by atoms with Crippen molar-refractivity contribution in [2.45, 2.75) is 75.7 Å². The van der Waals surface area contributed by atoms with E-state index in [0.29, 0.717) is 69.8 Å². The Kier molecular flexibility index (Phi) is 9.89. The van der Waals surface area contributed by atoms with Crippen molar-refractivity contribution in [3.63, 3.8) is 0 Å². The molecule has 3 fully saturated rings. The monoisotopic (exact) mass is 660 g/mol. The van der Waals surface area contributed by atoms with Gasteiger partial charge in [0.05, 0.1) is 12.7 Å². The van der Waals surface area contributed by atoms with Crippen molar-refractivity contribution >= 4 is 17.5 Å². The van der Waals surface area contributed by atoms with Crippen LogP contribution < -0.4 is 9.64 Å². The number of piperidine rings is 2. The van der Waals surface area contributed by atoms with Gasteiger partial charge >= 0.3 is 6.18 Å². The van der Waals surface area contributed by atoms with Gasteiger partial charge in [-0.1, -0.05) is 18.2 Å². The van der Waals surface area contributed by atoms with Gasteiger partial charge in [-0.15, -0.1) is 0 Å². The summed E-state index contributed by atoms with van der Waals surface area (Å²) in [6.07, 6.45) is -2.31. The summed E-state index contributed by atoms with van der Waals surface area (Å²) in [7, 11) is 5.00. The number of halogens is 4. The summed E-state index contributed by atoms with van der Waals surface area (Å²) in [6, 6.07) is 11.2. The first-order valence-electron chi connectivity index (χ1n) is 16.6. The highest BCUT2D eigenvalue weighted by Crippen LogP contribution is 2.45. The van der Waals surface area contributed by atoms with Crippen molar-refractivity contribution in [1.29, 1.82) is 0 Å². The molecular formula is C36H48F4N4O3. The molecule has 0 N–H and O–H groups in total. The molecule has 7 nitrogen and oxygen atoms in total. The second kappa shape index (κ2) is 13.3. The number of alkyl halides is 4. The van der Waals surface area contributed by atoms with Crippen LogP contribution in [-0.2, 0) is 15.8 Å². The molecule has 0 aromatic heterocycles. The number of hydrogen-bond acceptors (Lipinski definition) is 5. The van der Waals surface area contributed by atoms with Crippen LogP contribution in [0.2, 0.25) is 0 Å². The van der Waals surface area contributed by atoms with Crippen LogP contribution in [0, 0.1) is 5.92 Å². The number of carbonyl (C=O) groups is 2. The zero-order chi connectivity index (χ0) is 34.3. The molecule has 3 aliphatic heterocycles. The zero-order valence-electron chi connectivity index (χ0n) is 28.4. The first-order chi connectivity index (χ1) is 22.0. The largest absolute Gasteiger partial charge is 0.497 e. The van der Waals surface area contributed by atoms with Crippen molar-refractivity contribution in [3.05, 3.63) is 59.2 Å². The van der Waals surface area contributed by atoms with Gasteiger partial charge in [-0.3, -0.25) is 14.5 Å². The van der Waals surface area contributed by atoms with E-state index in [2.05, 4.69) is 0 Å². The molecule has 0 saturated carbocycles. The number of methoxy groups -OCH3 is 1. The summed E-state index contributed by atoms with van der Waals surface area (Å²) in [5.41, 5.74) is -1.06. The van der Waals surface area contributed by atoms with Gasteiger partial charge in [0.1, 0.15) is 5.75 Å². The summed E-state index contributed by atoms with van der Waals surface area (Å²) < 4.78 is 64.0. The zero-order valence-corrected chi connectivity index (χ0v) is 28.4. The van der Waals surface area contributed by atoms with E-state index in [-0.39, 0.29) is 29.8 Å². The van der Waals surface area contributed by atoms with Gasteiger partial charge in [-0.05, 0) is 87.8 Å². The average molecular weight is 661 g/mol. The van der Waals surface area contributed by atoms with Crippen molar-refractivity contribution in [2.75, 3.05) is 65.4 Å². The molecule has 11 heteroatoms. The van der Waals surface area contributed by atoms with E-state index in [9.17, 15) is 22.8 Å². The number of benzene rings is 2. The smallest absolute Gasteiger partial charge is 0.416 e. The first-order valence-corrected chi connectivity index (χ1v) is 16.6. The van der Waals surface area contributed by atoms with Crippen molar-refractivity contribution in [3.8, 4) is 5.75 Å². The number of rotatable bonds is 6. The lowest BCUT2D eigenvalue weighted by Crippen LogP contribution is -2.53. The molecule has 2 amide bonds. The topological polar surface area (TPSA) is 56.3 Å². The van der Waals surface area contributed by atoms with Crippen molar-refractivity contribution in [2.24, 2.45) is 5.92 Å². The Bertz CT molecular complexity index is 1430. The minimum atomic E-state index is -4.49. The molecule has 0 radical (unpaired) electrons. The van der Waals surface area contributed by atoms with Crippen LogP contribution in [0.5, 0.6) is 5.75 Å². The SMILES string of the molecule is COc1ccc([C@@H]2CN(C(C)(C)C)C[C@@]2(F)C(=O)N2CCC(c3ccc(C(F)(F)F)cc3N3CCC(C(=O)N(C)C)CC3)CC2)cc1. The van der Waals surface area contributed by atoms with Crippen LogP contribution in [0.25, 0.3) is 0 Å². The number of amides is 2. The molecule has 47 heavy (non-hydrogen) atoms. The molecule has 0 unspecified atom stereocenters. The quantitative estimate of drug-likeness (QED) is 0.339. The highest BCUT2D eigenvalue weighted by molar-refractivity contribution is 5.87. The van der Waals surface area contributed by atoms with Crippen LogP contribution in [-0.4, -0.2) is 98.2 Å². The third-order valence-electron chi connectivity index (χ3n) is 10.4. The maximum Gasteiger partial charge on any atom is 0.416 e. The van der Waals surface area contributed by atoms with Gasteiger partial charge in [0.15, 0.2) is 0 Å². The number of likely N-dealkylation sites (tertiary alicyclic amines) is 2. The predicted octanol–water partition coefficient (Wildman–Crippen LogP) is 6.33. The lowest BCUT2D eigenvalue weighted by Gasteiger charge is -2.40. The lowest BCUT2D eigenvalue weighted by molar-refractivity contribution is -0.145. The minimum Gasteiger partial charge on any atom is -0.497 e. The fourth-order valence-electron chi connectivity index (χ4n) is 7.48. The maximum atomic E-state index is 17.2. The van der Waals surface area contributed by atoms with Gasteiger partial charge in [0, 0.05) is 76.4 Å². The molecule has 3 aliphatic rings. The van der Waals surface area contributed by atoms with E-state index in [1.165, 1.54) is 6.07 Å². The summed E-state index contributed by atoms with van der Waals surface area (Å²) >= 11 is 0. The van der Waals surface area contributed by atoms with E-state index in [4.69, 9.17) is 4.74 Å². The summed E-state index contributed by atoms with van der Waals surface area (Å²) in [4.78, 5) is 33.8. The summed E-state index contributed by atoms with van der Waals surface area (Å²) in [5, 5.41) is 0. The van der Waals surface area contributed by atoms with E-state index in [1.807, 2.05) is 42.7 Å². The first kappa shape index (κ1) is 35.0. The maximum absolute atomic E-state index is 17.2. The van der Waals surface area contributed by atoms with Crippen LogP contribution in [0.4, 0.5) is 23.2 Å². The van der Waals surface area contributed by atoms with E-state index in [0.717, 1.165) is 17.2 Å². The normalized spacial score (nSPS) is 23.7. The Labute approximate surface area is 275 Å². The van der Waals surface area contributed by atoms with Crippen LogP contribution >= 0.6 is 0 Å². The molecule has 2 atom stereocenters. The second-order valence-corrected chi connectivity index (χ2v) is 14.6. The Morgan fingerprint density at radius 2 is 1.53 bits per heavy atom. The number of anilines is 1. The number of hydrogen-bond donors (Lipinski definition) is 0. The van der Waals surface area contributed by atoms with Crippen molar-refractivity contribution < 1.29 is 31.9 Å². The van der Waals surface area contributed by atoms with Crippen molar-refractivity contribution in [1.82, 2.24) is 14.7 Å². The third-order valence-corrected chi connectivity index (χ3v) is 10.4. The Hall–Kier alpha value is -3.34. The standard InChI is InChI=1S/C36H48F4N4O3/c1-34(2,3)44-22-30(25-7-10-28(47-6)11-8-25)35(37,23-44)33(46)43-19-13-24(14-20-43)29-12-9-27(36(38,39)40)21-31(29)42-17-15-26(16-18-42)32(45)41(4)5/h7-12,21,24,26,30H,13-20,22-23H2,1-6H3/t30-,35-/m0/s1. The molecule has 0 spiro atoms. The van der Waals surface area contributed by atoms with E-state index < -0.39 is 29.2 Å². The fraction of sp³-hybridized carbons (Fsp3) is 0.611. The molecule has 5 rings (SSSR count). The third kappa shape index (κ3) is 7.25. The van der Waals surface area contributed by atoms with Gasteiger partial charge < -0.3 is 19.4 Å². The van der Waals surface area contributed by atoms with Crippen LogP contribution in [0.15, 0.2) is 42.5 Å².